The van der Waals surface area contributed by atoms with Gasteiger partial charge in [-0.3, -0.25) is 0 Å². The smallest absolute Gasteiger partial charge is 0.208 e. The van der Waals surface area contributed by atoms with E-state index >= 15 is 0 Å². The first-order valence-electron chi connectivity index (χ1n) is 8.81. The Morgan fingerprint density at radius 3 is 2.74 bits per heavy atom. The summed E-state index contributed by atoms with van der Waals surface area (Å²) in [4.78, 5) is 9.45. The average Bonchev–Trinajstić information content (AvgIpc) is 2.61. The van der Waals surface area contributed by atoms with Crippen molar-refractivity contribution in [2.45, 2.75) is 23.1 Å². The average molecular weight is 400 g/mol. The van der Waals surface area contributed by atoms with Crippen LogP contribution in [0.15, 0.2) is 58.3 Å². The Hall–Kier alpha value is -2.09. The number of para-hydroxylation sites is 1. The van der Waals surface area contributed by atoms with Crippen molar-refractivity contribution in [1.29, 1.82) is 0 Å². The first kappa shape index (κ1) is 18.3. The molecular weight excluding hydrogens is 378 g/mol. The lowest BCUT2D eigenvalue weighted by Crippen LogP contribution is -2.28. The number of fused-ring (bicyclic) bond motifs is 3. The molecule has 0 unspecified atom stereocenters. The molecule has 7 heteroatoms. The van der Waals surface area contributed by atoms with E-state index < -0.39 is 10.0 Å². The van der Waals surface area contributed by atoms with Gasteiger partial charge in [-0.1, -0.05) is 36.0 Å². The number of nitrogens with zero attached hydrogens (tertiary/aromatic N) is 2. The number of sulfonamides is 1. The Morgan fingerprint density at radius 2 is 1.93 bits per heavy atom. The van der Waals surface area contributed by atoms with Gasteiger partial charge in [-0.2, -0.15) is 0 Å². The number of aryl methyl sites for hydroxylation is 1. The molecule has 2 heterocycles. The Kier molecular flexibility index (Phi) is 4.84. The zero-order valence-electron chi connectivity index (χ0n) is 15.3. The van der Waals surface area contributed by atoms with Gasteiger partial charge in [0.05, 0.1) is 22.4 Å². The molecule has 0 atom stereocenters. The lowest BCUT2D eigenvalue weighted by molar-refractivity contribution is 0.585. The molecule has 1 aliphatic rings. The molecule has 140 valence electrons. The van der Waals surface area contributed by atoms with E-state index in [2.05, 4.69) is 46.9 Å². The largest absolute Gasteiger partial charge is 0.324 e. The minimum absolute atomic E-state index is 0.409. The Bertz CT molecular complexity index is 1110. The van der Waals surface area contributed by atoms with Crippen LogP contribution in [0, 0.1) is 6.92 Å². The summed E-state index contributed by atoms with van der Waals surface area (Å²) < 4.78 is 25.2. The SMILES string of the molecule is Cc1ccc2c(c1)Sc1cc3ccccc3nc1N2CCCNS(C)(=O)=O. The predicted molar refractivity (Wildman–Crippen MR) is 112 cm³/mol. The van der Waals surface area contributed by atoms with Crippen LogP contribution in [0.4, 0.5) is 11.5 Å². The van der Waals surface area contributed by atoms with E-state index in [0.29, 0.717) is 19.5 Å². The predicted octanol–water partition coefficient (Wildman–Crippen LogP) is 4.09. The van der Waals surface area contributed by atoms with Gasteiger partial charge in [-0.05, 0) is 43.2 Å². The van der Waals surface area contributed by atoms with Gasteiger partial charge in [-0.15, -0.1) is 0 Å². The summed E-state index contributed by atoms with van der Waals surface area (Å²) in [5, 5.41) is 1.12. The van der Waals surface area contributed by atoms with Crippen molar-refractivity contribution in [3.63, 3.8) is 0 Å². The number of nitrogens with one attached hydrogen (secondary N) is 1. The van der Waals surface area contributed by atoms with Crippen LogP contribution in [0.25, 0.3) is 10.9 Å². The van der Waals surface area contributed by atoms with Crippen LogP contribution in [-0.4, -0.2) is 32.7 Å². The molecule has 0 saturated heterocycles. The molecule has 27 heavy (non-hydrogen) atoms. The molecule has 1 aromatic heterocycles. The van der Waals surface area contributed by atoms with Crippen molar-refractivity contribution in [2.24, 2.45) is 0 Å². The highest BCUT2D eigenvalue weighted by molar-refractivity contribution is 7.99. The lowest BCUT2D eigenvalue weighted by atomic mass is 10.1. The van der Waals surface area contributed by atoms with Gasteiger partial charge in [0.2, 0.25) is 10.0 Å². The summed E-state index contributed by atoms with van der Waals surface area (Å²) in [5.41, 5.74) is 3.31. The lowest BCUT2D eigenvalue weighted by Gasteiger charge is -2.32. The second kappa shape index (κ2) is 7.14. The zero-order chi connectivity index (χ0) is 19.0. The molecule has 1 aliphatic heterocycles. The van der Waals surface area contributed by atoms with Crippen molar-refractivity contribution in [3.05, 3.63) is 54.1 Å². The number of aromatic nitrogens is 1. The van der Waals surface area contributed by atoms with Gasteiger partial charge in [0.15, 0.2) is 0 Å². The van der Waals surface area contributed by atoms with E-state index in [1.165, 1.54) is 16.7 Å². The molecule has 2 aromatic carbocycles. The zero-order valence-corrected chi connectivity index (χ0v) is 16.9. The monoisotopic (exact) mass is 399 g/mol. The van der Waals surface area contributed by atoms with Crippen molar-refractivity contribution >= 4 is 44.2 Å². The highest BCUT2D eigenvalue weighted by Crippen LogP contribution is 2.48. The quantitative estimate of drug-likeness (QED) is 0.655. The van der Waals surface area contributed by atoms with Gasteiger partial charge in [0, 0.05) is 23.4 Å². The number of benzene rings is 2. The summed E-state index contributed by atoms with van der Waals surface area (Å²) in [5.74, 6) is 0.939. The standard InChI is InChI=1S/C20H21N3O2S2/c1-14-8-9-17-18(12-14)26-19-13-15-6-3-4-7-16(15)22-20(19)23(17)11-5-10-21-27(2,24)25/h3-4,6-9,12-13,21H,5,10-11H2,1-2H3. The fraction of sp³-hybridized carbons (Fsp3) is 0.250. The van der Waals surface area contributed by atoms with Gasteiger partial charge in [-0.25, -0.2) is 18.1 Å². The summed E-state index contributed by atoms with van der Waals surface area (Å²) in [6, 6.07) is 16.7. The van der Waals surface area contributed by atoms with Gasteiger partial charge >= 0.3 is 0 Å². The first-order valence-corrected chi connectivity index (χ1v) is 11.5. The fourth-order valence-corrected chi connectivity index (χ4v) is 4.95. The summed E-state index contributed by atoms with van der Waals surface area (Å²) in [7, 11) is -3.17. The Labute approximate surface area is 163 Å². The van der Waals surface area contributed by atoms with Crippen LogP contribution < -0.4 is 9.62 Å². The van der Waals surface area contributed by atoms with E-state index in [0.717, 1.165) is 27.3 Å². The van der Waals surface area contributed by atoms with Gasteiger partial charge in [0.1, 0.15) is 5.82 Å². The molecule has 1 N–H and O–H groups in total. The Morgan fingerprint density at radius 1 is 1.11 bits per heavy atom. The molecule has 0 aliphatic carbocycles. The normalized spacial score (nSPS) is 13.5. The van der Waals surface area contributed by atoms with Crippen LogP contribution in [-0.2, 0) is 10.0 Å². The number of rotatable bonds is 5. The number of pyridine rings is 1. The molecule has 0 fully saturated rings. The fourth-order valence-electron chi connectivity index (χ4n) is 3.23. The maximum absolute atomic E-state index is 11.3. The van der Waals surface area contributed by atoms with E-state index in [9.17, 15) is 8.42 Å². The second-order valence-corrected chi connectivity index (χ2v) is 9.66. The molecule has 0 bridgehead atoms. The molecule has 0 radical (unpaired) electrons. The van der Waals surface area contributed by atoms with Crippen molar-refractivity contribution in [1.82, 2.24) is 9.71 Å². The third kappa shape index (κ3) is 3.95. The third-order valence-corrected chi connectivity index (χ3v) is 6.27. The topological polar surface area (TPSA) is 62.3 Å². The van der Waals surface area contributed by atoms with Gasteiger partial charge in [0.25, 0.3) is 0 Å². The summed E-state index contributed by atoms with van der Waals surface area (Å²) in [6.45, 7) is 3.19. The van der Waals surface area contributed by atoms with Crippen LogP contribution in [0.1, 0.15) is 12.0 Å². The van der Waals surface area contributed by atoms with Crippen LogP contribution in [0.5, 0.6) is 0 Å². The molecule has 0 spiro atoms. The highest BCUT2D eigenvalue weighted by Gasteiger charge is 2.25. The Balaban J connectivity index is 1.71. The molecule has 0 amide bonds. The van der Waals surface area contributed by atoms with Crippen LogP contribution in [0.3, 0.4) is 0 Å². The van der Waals surface area contributed by atoms with E-state index in [1.54, 1.807) is 11.8 Å². The molecule has 5 nitrogen and oxygen atoms in total. The van der Waals surface area contributed by atoms with Crippen molar-refractivity contribution in [2.75, 3.05) is 24.2 Å². The van der Waals surface area contributed by atoms with Crippen LogP contribution in [0.2, 0.25) is 0 Å². The highest BCUT2D eigenvalue weighted by atomic mass is 32.2. The molecule has 3 aromatic rings. The van der Waals surface area contributed by atoms with Gasteiger partial charge < -0.3 is 4.90 Å². The van der Waals surface area contributed by atoms with E-state index in [1.807, 2.05) is 18.2 Å². The number of anilines is 2. The summed E-state index contributed by atoms with van der Waals surface area (Å²) in [6.07, 6.45) is 1.88. The van der Waals surface area contributed by atoms with Crippen molar-refractivity contribution < 1.29 is 8.42 Å². The van der Waals surface area contributed by atoms with E-state index in [4.69, 9.17) is 4.98 Å². The summed E-state index contributed by atoms with van der Waals surface area (Å²) >= 11 is 1.74. The second-order valence-electron chi connectivity index (χ2n) is 6.75. The third-order valence-electron chi connectivity index (χ3n) is 4.47. The van der Waals surface area contributed by atoms with Crippen molar-refractivity contribution in [3.8, 4) is 0 Å². The number of hydrogen-bond acceptors (Lipinski definition) is 5. The van der Waals surface area contributed by atoms with Crippen LogP contribution >= 0.6 is 11.8 Å². The first-order chi connectivity index (χ1) is 12.9. The van der Waals surface area contributed by atoms with E-state index in [-0.39, 0.29) is 0 Å². The maximum atomic E-state index is 11.3. The maximum Gasteiger partial charge on any atom is 0.208 e. The molecule has 4 rings (SSSR count). The minimum Gasteiger partial charge on any atom is -0.324 e. The molecular formula is C20H21N3O2S2. The molecule has 0 saturated carbocycles. The minimum atomic E-state index is -3.17. The number of hydrogen-bond donors (Lipinski definition) is 1.